The van der Waals surface area contributed by atoms with Gasteiger partial charge in [0.25, 0.3) is 0 Å². The lowest BCUT2D eigenvalue weighted by Crippen LogP contribution is -2.24. The molecule has 0 amide bonds. The van der Waals surface area contributed by atoms with Gasteiger partial charge in [-0.25, -0.2) is 0 Å². The van der Waals surface area contributed by atoms with Crippen LogP contribution in [0.2, 0.25) is 0 Å². The molecule has 5 nitrogen and oxygen atoms in total. The zero-order valence-corrected chi connectivity index (χ0v) is 16.8. The fraction of sp³-hybridized carbons (Fsp3) is 0.650. The molecule has 0 bridgehead atoms. The van der Waals surface area contributed by atoms with Crippen LogP contribution in [-0.2, 0) is 20.7 Å². The van der Waals surface area contributed by atoms with Crippen molar-refractivity contribution in [1.29, 1.82) is 0 Å². The zero-order chi connectivity index (χ0) is 19.2. The second-order valence-corrected chi connectivity index (χ2v) is 5.76. The molecule has 0 aliphatic carbocycles. The molecule has 0 radical (unpaired) electrons. The molecule has 0 aliphatic rings. The smallest absolute Gasteiger partial charge is 0.309 e. The third-order valence-electron chi connectivity index (χ3n) is 3.74. The summed E-state index contributed by atoms with van der Waals surface area (Å²) < 4.78 is 21.0. The summed E-state index contributed by atoms with van der Waals surface area (Å²) in [5.41, 5.74) is 1.02. The number of benzene rings is 1. The molecule has 0 aliphatic heterocycles. The van der Waals surface area contributed by atoms with Crippen molar-refractivity contribution in [3.63, 3.8) is 0 Å². The highest BCUT2D eigenvalue weighted by atomic mass is 16.5. The second-order valence-electron chi connectivity index (χ2n) is 5.76. The highest BCUT2D eigenvalue weighted by molar-refractivity contribution is 5.73. The second kappa shape index (κ2) is 13.5. The maximum Gasteiger partial charge on any atom is 0.309 e. The predicted octanol–water partition coefficient (Wildman–Crippen LogP) is 4.12. The van der Waals surface area contributed by atoms with Crippen molar-refractivity contribution in [1.82, 2.24) is 0 Å². The Kier molecular flexibility index (Phi) is 12.6. The van der Waals surface area contributed by atoms with Crippen molar-refractivity contribution in [3.8, 4) is 11.5 Å². The molecule has 0 spiro atoms. The summed E-state index contributed by atoms with van der Waals surface area (Å²) in [6.07, 6.45) is 1.42. The lowest BCUT2D eigenvalue weighted by atomic mass is 9.89. The monoisotopic (exact) mass is 354 g/mol. The van der Waals surface area contributed by atoms with Gasteiger partial charge in [-0.15, -0.1) is 0 Å². The van der Waals surface area contributed by atoms with Crippen LogP contribution in [0.1, 0.15) is 39.7 Å². The van der Waals surface area contributed by atoms with E-state index in [1.54, 1.807) is 14.2 Å². The molecule has 1 aromatic rings. The number of esters is 1. The van der Waals surface area contributed by atoms with Crippen molar-refractivity contribution in [3.05, 3.63) is 23.8 Å². The summed E-state index contributed by atoms with van der Waals surface area (Å²) in [6, 6.07) is 5.76. The van der Waals surface area contributed by atoms with E-state index >= 15 is 0 Å². The van der Waals surface area contributed by atoms with Gasteiger partial charge < -0.3 is 18.9 Å². The first-order valence-corrected chi connectivity index (χ1v) is 8.90. The Morgan fingerprint density at radius 1 is 1.04 bits per heavy atom. The average molecular weight is 354 g/mol. The number of carbonyl (C=O) groups is 1. The SMILES string of the molecule is CC.COCCCOc1cc(CC(C(=O)OC)C(C)C)ccc1OC. The van der Waals surface area contributed by atoms with Gasteiger partial charge in [0.1, 0.15) is 0 Å². The summed E-state index contributed by atoms with van der Waals surface area (Å²) in [4.78, 5) is 11.9. The molecule has 0 heterocycles. The maximum absolute atomic E-state index is 11.9. The molecule has 1 rings (SSSR count). The fourth-order valence-corrected chi connectivity index (χ4v) is 2.34. The molecule has 0 aromatic heterocycles. The van der Waals surface area contributed by atoms with E-state index in [9.17, 15) is 4.79 Å². The van der Waals surface area contributed by atoms with E-state index in [1.165, 1.54) is 7.11 Å². The molecule has 0 N–H and O–H groups in total. The topological polar surface area (TPSA) is 54.0 Å². The van der Waals surface area contributed by atoms with Crippen LogP contribution >= 0.6 is 0 Å². The van der Waals surface area contributed by atoms with Crippen molar-refractivity contribution < 1.29 is 23.7 Å². The Hall–Kier alpha value is -1.75. The Labute approximate surface area is 152 Å². The van der Waals surface area contributed by atoms with Crippen LogP contribution in [0.5, 0.6) is 11.5 Å². The highest BCUT2D eigenvalue weighted by Crippen LogP contribution is 2.30. The number of carbonyl (C=O) groups excluding carboxylic acids is 1. The predicted molar refractivity (Wildman–Crippen MR) is 100 cm³/mol. The van der Waals surface area contributed by atoms with Crippen molar-refractivity contribution in [2.45, 2.75) is 40.5 Å². The minimum atomic E-state index is -0.182. The molecule has 0 saturated heterocycles. The fourth-order valence-electron chi connectivity index (χ4n) is 2.34. The van der Waals surface area contributed by atoms with Gasteiger partial charge in [-0.2, -0.15) is 0 Å². The van der Waals surface area contributed by atoms with Crippen molar-refractivity contribution in [2.75, 3.05) is 34.5 Å². The van der Waals surface area contributed by atoms with Gasteiger partial charge in [0.15, 0.2) is 11.5 Å². The molecular formula is C20H34O5. The van der Waals surface area contributed by atoms with Gasteiger partial charge >= 0.3 is 5.97 Å². The molecule has 0 saturated carbocycles. The van der Waals surface area contributed by atoms with E-state index in [1.807, 2.05) is 45.9 Å². The lowest BCUT2D eigenvalue weighted by Gasteiger charge is -2.19. The van der Waals surface area contributed by atoms with Gasteiger partial charge in [-0.05, 0) is 30.0 Å². The van der Waals surface area contributed by atoms with E-state index in [0.717, 1.165) is 12.0 Å². The van der Waals surface area contributed by atoms with Gasteiger partial charge in [-0.1, -0.05) is 33.8 Å². The molecule has 25 heavy (non-hydrogen) atoms. The largest absolute Gasteiger partial charge is 0.493 e. The first-order chi connectivity index (χ1) is 12.0. The third kappa shape index (κ3) is 8.25. The summed E-state index contributed by atoms with van der Waals surface area (Å²) in [5.74, 6) is 1.22. The normalized spacial score (nSPS) is 11.4. The molecule has 1 atom stereocenters. The van der Waals surface area contributed by atoms with Crippen LogP contribution in [-0.4, -0.2) is 40.5 Å². The Morgan fingerprint density at radius 2 is 1.72 bits per heavy atom. The van der Waals surface area contributed by atoms with Crippen LogP contribution in [0, 0.1) is 11.8 Å². The van der Waals surface area contributed by atoms with Gasteiger partial charge in [-0.3, -0.25) is 4.79 Å². The standard InChI is InChI=1S/C18H28O5.C2H6/c1-13(2)15(18(19)22-5)11-14-7-8-16(21-4)17(12-14)23-10-6-9-20-3;1-2/h7-8,12-13,15H,6,9-11H2,1-5H3;1-2H3. The minimum Gasteiger partial charge on any atom is -0.493 e. The first kappa shape index (κ1) is 23.2. The van der Waals surface area contributed by atoms with Crippen LogP contribution in [0.4, 0.5) is 0 Å². The maximum atomic E-state index is 11.9. The van der Waals surface area contributed by atoms with E-state index in [0.29, 0.717) is 31.1 Å². The van der Waals surface area contributed by atoms with Gasteiger partial charge in [0, 0.05) is 20.1 Å². The summed E-state index contributed by atoms with van der Waals surface area (Å²) >= 11 is 0. The Balaban J connectivity index is 0.00000277. The summed E-state index contributed by atoms with van der Waals surface area (Å²) in [7, 11) is 4.71. The van der Waals surface area contributed by atoms with Crippen LogP contribution in [0.25, 0.3) is 0 Å². The average Bonchev–Trinajstić information content (AvgIpc) is 2.64. The van der Waals surface area contributed by atoms with E-state index in [2.05, 4.69) is 0 Å². The minimum absolute atomic E-state index is 0.172. The quantitative estimate of drug-likeness (QED) is 0.467. The third-order valence-corrected chi connectivity index (χ3v) is 3.74. The highest BCUT2D eigenvalue weighted by Gasteiger charge is 2.23. The van der Waals surface area contributed by atoms with E-state index in [-0.39, 0.29) is 17.8 Å². The number of rotatable bonds is 10. The number of hydrogen-bond acceptors (Lipinski definition) is 5. The molecule has 144 valence electrons. The Bertz CT molecular complexity index is 485. The first-order valence-electron chi connectivity index (χ1n) is 8.90. The molecular weight excluding hydrogens is 320 g/mol. The summed E-state index contributed by atoms with van der Waals surface area (Å²) in [5, 5.41) is 0. The molecule has 5 heteroatoms. The summed E-state index contributed by atoms with van der Waals surface area (Å²) in [6.45, 7) is 9.25. The van der Waals surface area contributed by atoms with Crippen LogP contribution in [0.3, 0.4) is 0 Å². The van der Waals surface area contributed by atoms with Crippen LogP contribution < -0.4 is 9.47 Å². The van der Waals surface area contributed by atoms with E-state index < -0.39 is 0 Å². The van der Waals surface area contributed by atoms with Crippen molar-refractivity contribution in [2.24, 2.45) is 11.8 Å². The van der Waals surface area contributed by atoms with E-state index in [4.69, 9.17) is 18.9 Å². The van der Waals surface area contributed by atoms with Gasteiger partial charge in [0.2, 0.25) is 0 Å². The number of ether oxygens (including phenoxy) is 4. The van der Waals surface area contributed by atoms with Gasteiger partial charge in [0.05, 0.1) is 26.7 Å². The Morgan fingerprint density at radius 3 is 2.24 bits per heavy atom. The molecule has 1 aromatic carbocycles. The number of methoxy groups -OCH3 is 3. The molecule has 0 fully saturated rings. The zero-order valence-electron chi connectivity index (χ0n) is 16.8. The molecule has 1 unspecified atom stereocenters. The van der Waals surface area contributed by atoms with Crippen molar-refractivity contribution >= 4 is 5.97 Å². The van der Waals surface area contributed by atoms with Crippen LogP contribution in [0.15, 0.2) is 18.2 Å². The lowest BCUT2D eigenvalue weighted by molar-refractivity contribution is -0.146. The number of hydrogen-bond donors (Lipinski definition) is 0.